The molecule has 2 aliphatic carbocycles. The number of likely N-dealkylation sites (N-methyl/N-ethyl adjacent to an activating group) is 2. The van der Waals surface area contributed by atoms with Crippen molar-refractivity contribution in [2.75, 3.05) is 41.3 Å². The van der Waals surface area contributed by atoms with E-state index in [2.05, 4.69) is 28.3 Å². The first-order valence-corrected chi connectivity index (χ1v) is 19.3. The Morgan fingerprint density at radius 2 is 1.76 bits per heavy atom. The van der Waals surface area contributed by atoms with E-state index in [0.29, 0.717) is 38.4 Å². The van der Waals surface area contributed by atoms with E-state index in [9.17, 15) is 22.8 Å². The molecule has 3 aromatic rings. The highest BCUT2D eigenvalue weighted by molar-refractivity contribution is 7.87. The summed E-state index contributed by atoms with van der Waals surface area (Å²) in [5.74, 6) is 0.332. The zero-order chi connectivity index (χ0) is 36.1. The first-order valence-electron chi connectivity index (χ1n) is 17.9. The third-order valence-electron chi connectivity index (χ3n) is 11.5. The first-order chi connectivity index (χ1) is 23.8. The van der Waals surface area contributed by atoms with Gasteiger partial charge in [-0.1, -0.05) is 32.3 Å². The second-order valence-electron chi connectivity index (χ2n) is 14.5. The van der Waals surface area contributed by atoms with Gasteiger partial charge in [0, 0.05) is 81.7 Å². The van der Waals surface area contributed by atoms with Crippen molar-refractivity contribution in [1.82, 2.24) is 23.4 Å². The van der Waals surface area contributed by atoms with Gasteiger partial charge in [0.25, 0.3) is 5.91 Å². The number of amides is 3. The molecule has 0 saturated heterocycles. The number of nitrogens with one attached hydrogen (secondary N) is 1. The van der Waals surface area contributed by atoms with Crippen molar-refractivity contribution in [3.63, 3.8) is 0 Å². The summed E-state index contributed by atoms with van der Waals surface area (Å²) in [6.45, 7) is 7.02. The smallest absolute Gasteiger partial charge is 0.303 e. The van der Waals surface area contributed by atoms with Crippen LogP contribution in [-0.4, -0.2) is 92.2 Å². The highest BCUT2D eigenvalue weighted by Crippen LogP contribution is 2.66. The summed E-state index contributed by atoms with van der Waals surface area (Å²) in [6.07, 6.45) is 6.95. The number of hydrogen-bond donors (Lipinski definition) is 1. The number of carbonyl (C=O) groups excluding carboxylic acids is 3. The molecule has 3 amide bonds. The molecular formula is C38H51N5O6S. The van der Waals surface area contributed by atoms with Crippen LogP contribution in [-0.2, 0) is 26.3 Å². The molecule has 0 spiro atoms. The molecule has 1 N–H and O–H groups in total. The van der Waals surface area contributed by atoms with Crippen LogP contribution in [0.3, 0.4) is 0 Å². The average molecular weight is 706 g/mol. The molecule has 2 fully saturated rings. The fourth-order valence-corrected chi connectivity index (χ4v) is 9.00. The fraction of sp³-hybridized carbons (Fsp3) is 0.553. The van der Waals surface area contributed by atoms with E-state index >= 15 is 0 Å². The third kappa shape index (κ3) is 6.18. The van der Waals surface area contributed by atoms with E-state index in [1.54, 1.807) is 31.1 Å². The number of carbonyl (C=O) groups is 3. The predicted octanol–water partition coefficient (Wildman–Crippen LogP) is 5.49. The fourth-order valence-electron chi connectivity index (χ4n) is 8.47. The van der Waals surface area contributed by atoms with Crippen molar-refractivity contribution >= 4 is 38.8 Å². The van der Waals surface area contributed by atoms with Crippen LogP contribution in [0.25, 0.3) is 22.2 Å². The van der Waals surface area contributed by atoms with Gasteiger partial charge < -0.3 is 19.1 Å². The Morgan fingerprint density at radius 3 is 2.38 bits per heavy atom. The van der Waals surface area contributed by atoms with Crippen molar-refractivity contribution in [2.24, 2.45) is 5.41 Å². The van der Waals surface area contributed by atoms with Crippen LogP contribution in [0.15, 0.2) is 36.4 Å². The minimum absolute atomic E-state index is 0.0123. The van der Waals surface area contributed by atoms with Crippen LogP contribution in [0, 0.1) is 5.41 Å². The molecule has 270 valence electrons. The Hall–Kier alpha value is -3.90. The first kappa shape index (κ1) is 35.9. The summed E-state index contributed by atoms with van der Waals surface area (Å²) in [5, 5.41) is 1.03. The van der Waals surface area contributed by atoms with Crippen LogP contribution in [0.4, 0.5) is 0 Å². The number of fused-ring (bicyclic) bond motifs is 7. The van der Waals surface area contributed by atoms with E-state index in [1.807, 2.05) is 31.0 Å². The maximum atomic E-state index is 14.9. The maximum Gasteiger partial charge on any atom is 0.303 e. The molecule has 3 unspecified atom stereocenters. The second kappa shape index (κ2) is 13.7. The van der Waals surface area contributed by atoms with Gasteiger partial charge in [0.15, 0.2) is 0 Å². The number of hydrogen-bond acceptors (Lipinski definition) is 6. The third-order valence-corrected chi connectivity index (χ3v) is 12.9. The molecule has 12 heteroatoms. The lowest BCUT2D eigenvalue weighted by atomic mass is 9.81. The van der Waals surface area contributed by atoms with Gasteiger partial charge in [-0.15, -0.1) is 0 Å². The molecule has 1 aromatic heterocycles. The molecule has 0 bridgehead atoms. The molecule has 11 nitrogen and oxygen atoms in total. The number of nitrogens with zero attached hydrogens (tertiary/aromatic N) is 4. The molecule has 2 aromatic carbocycles. The summed E-state index contributed by atoms with van der Waals surface area (Å²) in [5.41, 5.74) is 4.78. The van der Waals surface area contributed by atoms with Crippen LogP contribution < -0.4 is 9.46 Å². The molecule has 2 heterocycles. The number of methoxy groups -OCH3 is 1. The largest absolute Gasteiger partial charge is 0.497 e. The zero-order valence-corrected chi connectivity index (χ0v) is 31.2. The summed E-state index contributed by atoms with van der Waals surface area (Å²) in [4.78, 5) is 44.3. The highest BCUT2D eigenvalue weighted by atomic mass is 32.2. The van der Waals surface area contributed by atoms with Gasteiger partial charge in [-0.05, 0) is 80.0 Å². The van der Waals surface area contributed by atoms with Crippen molar-refractivity contribution in [3.05, 3.63) is 53.1 Å². The minimum atomic E-state index is -4.00. The molecule has 6 rings (SSSR count). The lowest BCUT2D eigenvalue weighted by molar-refractivity contribution is -0.140. The van der Waals surface area contributed by atoms with Gasteiger partial charge >= 0.3 is 10.2 Å². The van der Waals surface area contributed by atoms with Gasteiger partial charge in [-0.2, -0.15) is 12.7 Å². The maximum absolute atomic E-state index is 14.9. The zero-order valence-electron chi connectivity index (χ0n) is 30.4. The normalized spacial score (nSPS) is 20.7. The molecule has 0 radical (unpaired) electrons. The van der Waals surface area contributed by atoms with E-state index in [-0.39, 0.29) is 29.3 Å². The molecular weight excluding hydrogens is 655 g/mol. The number of rotatable bonds is 11. The Labute approximate surface area is 296 Å². The molecule has 3 atom stereocenters. The van der Waals surface area contributed by atoms with Gasteiger partial charge in [0.05, 0.1) is 18.2 Å². The van der Waals surface area contributed by atoms with E-state index in [0.717, 1.165) is 63.5 Å². The van der Waals surface area contributed by atoms with Crippen molar-refractivity contribution in [2.45, 2.75) is 90.1 Å². The van der Waals surface area contributed by atoms with E-state index in [1.165, 1.54) is 26.1 Å². The Kier molecular flexibility index (Phi) is 9.82. The van der Waals surface area contributed by atoms with E-state index in [4.69, 9.17) is 4.74 Å². The average Bonchev–Trinajstić information content (AvgIpc) is 3.77. The highest BCUT2D eigenvalue weighted by Gasteiger charge is 2.64. The van der Waals surface area contributed by atoms with Crippen LogP contribution >= 0.6 is 0 Å². The lowest BCUT2D eigenvalue weighted by Crippen LogP contribution is -2.49. The Morgan fingerprint density at radius 1 is 1.04 bits per heavy atom. The molecule has 3 aliphatic rings. The second-order valence-corrected chi connectivity index (χ2v) is 16.4. The quantitative estimate of drug-likeness (QED) is 0.282. The number of ether oxygens (including phenoxy) is 1. The minimum Gasteiger partial charge on any atom is -0.497 e. The topological polar surface area (TPSA) is 121 Å². The van der Waals surface area contributed by atoms with Gasteiger partial charge in [0.2, 0.25) is 11.8 Å². The molecule has 1 aliphatic heterocycles. The van der Waals surface area contributed by atoms with Crippen LogP contribution in [0.2, 0.25) is 0 Å². The Bertz CT molecular complexity index is 1930. The lowest BCUT2D eigenvalue weighted by Gasteiger charge is -2.34. The van der Waals surface area contributed by atoms with Crippen LogP contribution in [0.5, 0.6) is 5.75 Å². The monoisotopic (exact) mass is 705 g/mol. The van der Waals surface area contributed by atoms with E-state index < -0.39 is 21.5 Å². The molecule has 50 heavy (non-hydrogen) atoms. The van der Waals surface area contributed by atoms with Crippen molar-refractivity contribution < 1.29 is 27.5 Å². The SMILES string of the molecule is CCC(CN(CC)C(C)=O)N(C)C(=O)C12CC1c1cc(OC)ccc1-c1c(C3CCCCC3)c3ccc(C(=O)NS(=O)(=O)N(C)C)cc3n1C2. The number of aromatic nitrogens is 1. The van der Waals surface area contributed by atoms with Crippen molar-refractivity contribution in [1.29, 1.82) is 0 Å². The summed E-state index contributed by atoms with van der Waals surface area (Å²) >= 11 is 0. The van der Waals surface area contributed by atoms with Gasteiger partial charge in [0.1, 0.15) is 5.75 Å². The van der Waals surface area contributed by atoms with Gasteiger partial charge in [-0.3, -0.25) is 14.4 Å². The summed E-state index contributed by atoms with van der Waals surface area (Å²) in [6, 6.07) is 11.5. The van der Waals surface area contributed by atoms with Gasteiger partial charge in [-0.25, -0.2) is 4.72 Å². The number of benzene rings is 2. The predicted molar refractivity (Wildman–Crippen MR) is 194 cm³/mol. The standard InChI is InChI=1S/C38H51N5O6S/c1-8-27(22-42(9-2)24(3)44)41(6)37(46)38-21-32(38)31-20-28(49-7)16-18-29(31)35-34(25-13-11-10-12-14-25)30-17-15-26(19-33(30)43(35)23-38)36(45)39-50(47,48)40(4)5/h15-20,25,27,32H,8-14,21-23H2,1-7H3,(H,39,45). The Balaban J connectivity index is 1.53. The van der Waals surface area contributed by atoms with Crippen molar-refractivity contribution in [3.8, 4) is 17.0 Å². The summed E-state index contributed by atoms with van der Waals surface area (Å²) < 4.78 is 36.3. The summed E-state index contributed by atoms with van der Waals surface area (Å²) in [7, 11) is 2.27. The van der Waals surface area contributed by atoms with Crippen LogP contribution in [0.1, 0.15) is 99.0 Å². The molecule has 2 saturated carbocycles.